The van der Waals surface area contributed by atoms with Crippen molar-refractivity contribution in [1.82, 2.24) is 29.5 Å². The molecular formula is C22H21F3N8O3. The van der Waals surface area contributed by atoms with Gasteiger partial charge in [0.1, 0.15) is 5.82 Å². The Morgan fingerprint density at radius 2 is 1.89 bits per heavy atom. The van der Waals surface area contributed by atoms with Crippen LogP contribution in [-0.2, 0) is 17.8 Å². The minimum atomic E-state index is -1.40. The van der Waals surface area contributed by atoms with Gasteiger partial charge in [0.25, 0.3) is 0 Å². The zero-order chi connectivity index (χ0) is 25.2. The standard InChI is InChI=1S/C22H21F3N8O3/c23-17-15(18(24)19(25)20(16(17)12-35)31-2-5-36-6-3-31)11-33-21-13(8-28-33)7-26-22(30-21)29-14-9-27-32(10-14)1-4-34/h7-10,12,34H,1-6,11H2,(H,26,29,30). The van der Waals surface area contributed by atoms with E-state index in [1.807, 2.05) is 0 Å². The summed E-state index contributed by atoms with van der Waals surface area (Å²) < 4.78 is 53.5. The van der Waals surface area contributed by atoms with Gasteiger partial charge in [0.2, 0.25) is 5.95 Å². The second kappa shape index (κ2) is 9.91. The summed E-state index contributed by atoms with van der Waals surface area (Å²) >= 11 is 0. The molecule has 1 fully saturated rings. The van der Waals surface area contributed by atoms with Crippen molar-refractivity contribution in [2.45, 2.75) is 13.1 Å². The van der Waals surface area contributed by atoms with Crippen molar-refractivity contribution in [3.8, 4) is 0 Å². The van der Waals surface area contributed by atoms with E-state index in [2.05, 4.69) is 25.5 Å². The van der Waals surface area contributed by atoms with E-state index in [0.717, 1.165) is 0 Å². The summed E-state index contributed by atoms with van der Waals surface area (Å²) in [5, 5.41) is 20.6. The number of halogens is 3. The predicted octanol–water partition coefficient (Wildman–Crippen LogP) is 1.87. The lowest BCUT2D eigenvalue weighted by Crippen LogP contribution is -2.38. The number of carbonyl (C=O) groups is 1. The molecule has 5 rings (SSSR count). The second-order valence-corrected chi connectivity index (χ2v) is 8.02. The van der Waals surface area contributed by atoms with E-state index < -0.39 is 40.8 Å². The van der Waals surface area contributed by atoms with Crippen molar-refractivity contribution in [2.24, 2.45) is 0 Å². The van der Waals surface area contributed by atoms with Crippen LogP contribution in [0.25, 0.3) is 11.0 Å². The van der Waals surface area contributed by atoms with Crippen LogP contribution in [0, 0.1) is 17.5 Å². The van der Waals surface area contributed by atoms with E-state index >= 15 is 13.2 Å². The topological polar surface area (TPSA) is 123 Å². The second-order valence-electron chi connectivity index (χ2n) is 8.02. The first-order valence-corrected chi connectivity index (χ1v) is 11.1. The number of fused-ring (bicyclic) bond motifs is 1. The smallest absolute Gasteiger partial charge is 0.229 e. The number of ether oxygens (including phenoxy) is 1. The van der Waals surface area contributed by atoms with Gasteiger partial charge in [-0.05, 0) is 0 Å². The molecule has 1 aliphatic heterocycles. The van der Waals surface area contributed by atoms with Gasteiger partial charge in [0.05, 0.1) is 67.6 Å². The maximum Gasteiger partial charge on any atom is 0.229 e. The molecule has 0 aliphatic carbocycles. The van der Waals surface area contributed by atoms with Gasteiger partial charge in [-0.1, -0.05) is 0 Å². The van der Waals surface area contributed by atoms with Gasteiger partial charge in [-0.15, -0.1) is 0 Å². The Morgan fingerprint density at radius 1 is 1.08 bits per heavy atom. The molecule has 1 aromatic carbocycles. The average Bonchev–Trinajstić information content (AvgIpc) is 3.51. The molecule has 0 unspecified atom stereocenters. The minimum absolute atomic E-state index is 0.0737. The number of nitrogens with zero attached hydrogens (tertiary/aromatic N) is 7. The summed E-state index contributed by atoms with van der Waals surface area (Å²) in [4.78, 5) is 21.7. The van der Waals surface area contributed by atoms with Crippen molar-refractivity contribution in [3.05, 3.63) is 53.4 Å². The molecule has 0 bridgehead atoms. The van der Waals surface area contributed by atoms with Crippen LogP contribution < -0.4 is 10.2 Å². The number of hydrogen-bond donors (Lipinski definition) is 2. The van der Waals surface area contributed by atoms with Crippen molar-refractivity contribution in [1.29, 1.82) is 0 Å². The number of rotatable bonds is 8. The number of anilines is 3. The molecule has 11 nitrogen and oxygen atoms in total. The van der Waals surface area contributed by atoms with Crippen LogP contribution >= 0.6 is 0 Å². The molecule has 0 atom stereocenters. The third-order valence-corrected chi connectivity index (χ3v) is 5.77. The number of hydrogen-bond acceptors (Lipinski definition) is 9. The maximum atomic E-state index is 15.3. The number of aliphatic hydroxyl groups excluding tert-OH is 1. The lowest BCUT2D eigenvalue weighted by atomic mass is 10.0. The summed E-state index contributed by atoms with van der Waals surface area (Å²) in [7, 11) is 0. The lowest BCUT2D eigenvalue weighted by molar-refractivity contribution is 0.111. The zero-order valence-corrected chi connectivity index (χ0v) is 18.9. The number of nitrogens with one attached hydrogen (secondary N) is 1. The van der Waals surface area contributed by atoms with Crippen molar-refractivity contribution >= 4 is 34.6 Å². The summed E-state index contributed by atoms with van der Waals surface area (Å²) in [5.74, 6) is -3.69. The van der Waals surface area contributed by atoms with Crippen LogP contribution in [0.2, 0.25) is 0 Å². The summed E-state index contributed by atoms with van der Waals surface area (Å²) in [6.45, 7) is 0.634. The van der Waals surface area contributed by atoms with Crippen LogP contribution in [0.3, 0.4) is 0 Å². The van der Waals surface area contributed by atoms with Gasteiger partial charge in [-0.2, -0.15) is 15.2 Å². The number of aliphatic hydroxyl groups is 1. The van der Waals surface area contributed by atoms with Crippen LogP contribution in [0.15, 0.2) is 24.8 Å². The lowest BCUT2D eigenvalue weighted by Gasteiger charge is -2.30. The predicted molar refractivity (Wildman–Crippen MR) is 122 cm³/mol. The molecule has 0 radical (unpaired) electrons. The fourth-order valence-electron chi connectivity index (χ4n) is 4.03. The van der Waals surface area contributed by atoms with Crippen LogP contribution in [-0.4, -0.2) is 73.8 Å². The molecular weight excluding hydrogens is 481 g/mol. The van der Waals surface area contributed by atoms with Crippen LogP contribution in [0.4, 0.5) is 30.5 Å². The Hall–Kier alpha value is -4.04. The highest BCUT2D eigenvalue weighted by Gasteiger charge is 2.29. The first-order chi connectivity index (χ1) is 17.5. The van der Waals surface area contributed by atoms with E-state index in [0.29, 0.717) is 17.6 Å². The van der Waals surface area contributed by atoms with E-state index in [9.17, 15) is 4.79 Å². The maximum absolute atomic E-state index is 15.3. The van der Waals surface area contributed by atoms with Gasteiger partial charge < -0.3 is 20.1 Å². The fraction of sp³-hybridized carbons (Fsp3) is 0.318. The fourth-order valence-corrected chi connectivity index (χ4v) is 4.03. The van der Waals surface area contributed by atoms with Crippen molar-refractivity contribution in [2.75, 3.05) is 43.1 Å². The summed E-state index contributed by atoms with van der Waals surface area (Å²) in [6, 6.07) is 0. The highest BCUT2D eigenvalue weighted by molar-refractivity contribution is 5.86. The molecule has 14 heteroatoms. The Bertz CT molecular complexity index is 1420. The molecule has 0 saturated carbocycles. The third kappa shape index (κ3) is 4.35. The van der Waals surface area contributed by atoms with Gasteiger partial charge in [-0.25, -0.2) is 22.8 Å². The number of benzene rings is 1. The number of carbonyl (C=O) groups excluding carboxylic acids is 1. The van der Waals surface area contributed by atoms with E-state index in [-0.39, 0.29) is 50.8 Å². The minimum Gasteiger partial charge on any atom is -0.394 e. The Balaban J connectivity index is 1.48. The van der Waals surface area contributed by atoms with E-state index in [1.165, 1.54) is 32.9 Å². The Labute approximate surface area is 202 Å². The number of aromatic nitrogens is 6. The molecule has 4 heterocycles. The molecule has 1 saturated heterocycles. The third-order valence-electron chi connectivity index (χ3n) is 5.77. The summed E-state index contributed by atoms with van der Waals surface area (Å²) in [5.41, 5.74) is -0.816. The first kappa shape index (κ1) is 23.7. The quantitative estimate of drug-likeness (QED) is 0.275. The number of aldehydes is 1. The van der Waals surface area contributed by atoms with Gasteiger partial charge in [0.15, 0.2) is 23.6 Å². The van der Waals surface area contributed by atoms with Gasteiger partial charge in [-0.3, -0.25) is 9.48 Å². The average molecular weight is 502 g/mol. The Morgan fingerprint density at radius 3 is 2.64 bits per heavy atom. The Kier molecular flexibility index (Phi) is 6.52. The van der Waals surface area contributed by atoms with Crippen molar-refractivity contribution in [3.63, 3.8) is 0 Å². The number of morpholine rings is 1. The highest BCUT2D eigenvalue weighted by atomic mass is 19.2. The monoisotopic (exact) mass is 502 g/mol. The SMILES string of the molecule is O=Cc1c(F)c(Cn2ncc3cnc(Nc4cnn(CCO)c4)nc32)c(F)c(F)c1N1CCOCC1. The largest absolute Gasteiger partial charge is 0.394 e. The van der Waals surface area contributed by atoms with Crippen LogP contribution in [0.5, 0.6) is 0 Å². The highest BCUT2D eigenvalue weighted by Crippen LogP contribution is 2.32. The summed E-state index contributed by atoms with van der Waals surface area (Å²) in [6.07, 6.45) is 6.23. The molecule has 3 aromatic heterocycles. The molecule has 1 aliphatic rings. The molecule has 0 amide bonds. The van der Waals surface area contributed by atoms with Gasteiger partial charge >= 0.3 is 0 Å². The van der Waals surface area contributed by atoms with Crippen molar-refractivity contribution < 1.29 is 27.8 Å². The van der Waals surface area contributed by atoms with Gasteiger partial charge in [0, 0.05) is 31.0 Å². The zero-order valence-electron chi connectivity index (χ0n) is 18.9. The van der Waals surface area contributed by atoms with Crippen LogP contribution in [0.1, 0.15) is 15.9 Å². The molecule has 4 aromatic rings. The molecule has 0 spiro atoms. The normalized spacial score (nSPS) is 13.9. The molecule has 2 N–H and O–H groups in total. The van der Waals surface area contributed by atoms with E-state index in [4.69, 9.17) is 9.84 Å². The van der Waals surface area contributed by atoms with E-state index in [1.54, 1.807) is 6.20 Å². The molecule has 188 valence electrons. The first-order valence-electron chi connectivity index (χ1n) is 11.1. The molecule has 36 heavy (non-hydrogen) atoms.